The summed E-state index contributed by atoms with van der Waals surface area (Å²) >= 11 is 0. The van der Waals surface area contributed by atoms with Crippen LogP contribution in [0, 0.1) is 17.8 Å². The van der Waals surface area contributed by atoms with Crippen LogP contribution in [-0.2, 0) is 0 Å². The standard InChI is InChI=1S/C11H17FN2/c1-8(2)9(3)7-14-10-4-5-13-11(12)6-10/h4-6,8-9H,7H2,1-3H3,(H,13,14). The molecular formula is C11H17FN2. The third-order valence-corrected chi connectivity index (χ3v) is 2.49. The first-order valence-corrected chi connectivity index (χ1v) is 4.95. The molecule has 3 heteroatoms. The van der Waals surface area contributed by atoms with E-state index in [1.165, 1.54) is 12.3 Å². The smallest absolute Gasteiger partial charge is 0.214 e. The lowest BCUT2D eigenvalue weighted by Gasteiger charge is -2.16. The molecule has 1 aromatic rings. The van der Waals surface area contributed by atoms with E-state index in [1.807, 2.05) is 0 Å². The van der Waals surface area contributed by atoms with Gasteiger partial charge in [0.2, 0.25) is 5.95 Å². The third kappa shape index (κ3) is 3.32. The maximum atomic E-state index is 12.7. The summed E-state index contributed by atoms with van der Waals surface area (Å²) in [7, 11) is 0. The molecule has 1 aromatic heterocycles. The number of nitrogens with one attached hydrogen (secondary N) is 1. The van der Waals surface area contributed by atoms with Gasteiger partial charge in [-0.15, -0.1) is 0 Å². The largest absolute Gasteiger partial charge is 0.385 e. The lowest BCUT2D eigenvalue weighted by atomic mass is 9.98. The van der Waals surface area contributed by atoms with E-state index in [1.54, 1.807) is 6.07 Å². The quantitative estimate of drug-likeness (QED) is 0.749. The molecule has 0 aliphatic carbocycles. The Kier molecular flexibility index (Phi) is 3.86. The second-order valence-electron chi connectivity index (χ2n) is 3.97. The number of halogens is 1. The molecule has 1 rings (SSSR count). The summed E-state index contributed by atoms with van der Waals surface area (Å²) in [5, 5.41) is 3.19. The second-order valence-corrected chi connectivity index (χ2v) is 3.97. The van der Waals surface area contributed by atoms with Gasteiger partial charge in [-0.25, -0.2) is 4.98 Å². The van der Waals surface area contributed by atoms with Crippen molar-refractivity contribution in [3.63, 3.8) is 0 Å². The summed E-state index contributed by atoms with van der Waals surface area (Å²) < 4.78 is 12.7. The normalized spacial score (nSPS) is 12.9. The van der Waals surface area contributed by atoms with Gasteiger partial charge in [0.15, 0.2) is 0 Å². The van der Waals surface area contributed by atoms with Crippen LogP contribution in [0.3, 0.4) is 0 Å². The zero-order valence-electron chi connectivity index (χ0n) is 8.92. The molecular weight excluding hydrogens is 179 g/mol. The third-order valence-electron chi connectivity index (χ3n) is 2.49. The summed E-state index contributed by atoms with van der Waals surface area (Å²) in [5.41, 5.74) is 0.796. The first-order valence-electron chi connectivity index (χ1n) is 4.95. The zero-order chi connectivity index (χ0) is 10.6. The van der Waals surface area contributed by atoms with Crippen molar-refractivity contribution in [2.45, 2.75) is 20.8 Å². The highest BCUT2D eigenvalue weighted by atomic mass is 19.1. The van der Waals surface area contributed by atoms with Crippen molar-refractivity contribution < 1.29 is 4.39 Å². The molecule has 78 valence electrons. The van der Waals surface area contributed by atoms with Gasteiger partial charge in [-0.2, -0.15) is 4.39 Å². The van der Waals surface area contributed by atoms with Crippen LogP contribution >= 0.6 is 0 Å². The van der Waals surface area contributed by atoms with Gasteiger partial charge >= 0.3 is 0 Å². The van der Waals surface area contributed by atoms with E-state index in [-0.39, 0.29) is 0 Å². The van der Waals surface area contributed by atoms with Crippen LogP contribution in [0.2, 0.25) is 0 Å². The molecule has 0 fully saturated rings. The van der Waals surface area contributed by atoms with Gasteiger partial charge in [0.05, 0.1) is 0 Å². The first kappa shape index (κ1) is 11.0. The monoisotopic (exact) mass is 196 g/mol. The molecule has 1 atom stereocenters. The highest BCUT2D eigenvalue weighted by Crippen LogP contribution is 2.12. The lowest BCUT2D eigenvalue weighted by molar-refractivity contribution is 0.439. The molecule has 0 aliphatic heterocycles. The van der Waals surface area contributed by atoms with Gasteiger partial charge in [-0.1, -0.05) is 20.8 Å². The minimum absolute atomic E-state index is 0.438. The maximum absolute atomic E-state index is 12.7. The van der Waals surface area contributed by atoms with Gasteiger partial charge in [0.25, 0.3) is 0 Å². The number of aromatic nitrogens is 1. The Morgan fingerprint density at radius 1 is 1.43 bits per heavy atom. The van der Waals surface area contributed by atoms with E-state index in [4.69, 9.17) is 0 Å². The van der Waals surface area contributed by atoms with E-state index in [9.17, 15) is 4.39 Å². The number of pyridine rings is 1. The number of anilines is 1. The summed E-state index contributed by atoms with van der Waals surface area (Å²) in [5.74, 6) is 0.771. The molecule has 1 N–H and O–H groups in total. The average molecular weight is 196 g/mol. The second kappa shape index (κ2) is 4.94. The highest BCUT2D eigenvalue weighted by Gasteiger charge is 2.06. The Morgan fingerprint density at radius 2 is 2.14 bits per heavy atom. The van der Waals surface area contributed by atoms with Crippen LogP contribution in [0.5, 0.6) is 0 Å². The first-order chi connectivity index (χ1) is 6.59. The van der Waals surface area contributed by atoms with Gasteiger partial charge < -0.3 is 5.32 Å². The minimum Gasteiger partial charge on any atom is -0.385 e. The van der Waals surface area contributed by atoms with Crippen LogP contribution in [-0.4, -0.2) is 11.5 Å². The fourth-order valence-corrected chi connectivity index (χ4v) is 1.03. The topological polar surface area (TPSA) is 24.9 Å². The van der Waals surface area contributed by atoms with Gasteiger partial charge in [-0.3, -0.25) is 0 Å². The molecule has 0 spiro atoms. The van der Waals surface area contributed by atoms with E-state index < -0.39 is 5.95 Å². The van der Waals surface area contributed by atoms with Gasteiger partial charge in [0, 0.05) is 24.5 Å². The summed E-state index contributed by atoms with van der Waals surface area (Å²) in [4.78, 5) is 3.50. The molecule has 0 aromatic carbocycles. The molecule has 2 nitrogen and oxygen atoms in total. The van der Waals surface area contributed by atoms with Crippen molar-refractivity contribution >= 4 is 5.69 Å². The van der Waals surface area contributed by atoms with Gasteiger partial charge in [0.1, 0.15) is 0 Å². The molecule has 14 heavy (non-hydrogen) atoms. The van der Waals surface area contributed by atoms with Crippen molar-refractivity contribution in [3.8, 4) is 0 Å². The number of rotatable bonds is 4. The Morgan fingerprint density at radius 3 is 2.71 bits per heavy atom. The van der Waals surface area contributed by atoms with E-state index in [0.717, 1.165) is 12.2 Å². The van der Waals surface area contributed by atoms with Gasteiger partial charge in [-0.05, 0) is 17.9 Å². The Hall–Kier alpha value is -1.12. The maximum Gasteiger partial charge on any atom is 0.214 e. The molecule has 0 radical (unpaired) electrons. The van der Waals surface area contributed by atoms with Crippen molar-refractivity contribution in [1.82, 2.24) is 4.98 Å². The minimum atomic E-state index is -0.438. The zero-order valence-corrected chi connectivity index (χ0v) is 8.92. The van der Waals surface area contributed by atoms with Crippen molar-refractivity contribution in [2.75, 3.05) is 11.9 Å². The highest BCUT2D eigenvalue weighted by molar-refractivity contribution is 5.41. The van der Waals surface area contributed by atoms with E-state index in [2.05, 4.69) is 31.1 Å². The SMILES string of the molecule is CC(C)C(C)CNc1ccnc(F)c1. The molecule has 0 saturated heterocycles. The van der Waals surface area contributed by atoms with Crippen LogP contribution in [0.15, 0.2) is 18.3 Å². The Balaban J connectivity index is 2.45. The van der Waals surface area contributed by atoms with Crippen LogP contribution in [0.4, 0.5) is 10.1 Å². The molecule has 1 heterocycles. The number of hydrogen-bond donors (Lipinski definition) is 1. The van der Waals surface area contributed by atoms with Crippen molar-refractivity contribution in [3.05, 3.63) is 24.3 Å². The number of hydrogen-bond acceptors (Lipinski definition) is 2. The fourth-order valence-electron chi connectivity index (χ4n) is 1.03. The fraction of sp³-hybridized carbons (Fsp3) is 0.545. The van der Waals surface area contributed by atoms with Crippen LogP contribution < -0.4 is 5.32 Å². The molecule has 0 saturated carbocycles. The van der Waals surface area contributed by atoms with Crippen LogP contribution in [0.25, 0.3) is 0 Å². The molecule has 0 aliphatic rings. The summed E-state index contributed by atoms with van der Waals surface area (Å²) in [6.07, 6.45) is 1.47. The average Bonchev–Trinajstić information content (AvgIpc) is 2.14. The van der Waals surface area contributed by atoms with E-state index >= 15 is 0 Å². The van der Waals surface area contributed by atoms with Crippen LogP contribution in [0.1, 0.15) is 20.8 Å². The molecule has 0 amide bonds. The summed E-state index contributed by atoms with van der Waals surface area (Å²) in [6.45, 7) is 7.40. The lowest BCUT2D eigenvalue weighted by Crippen LogP contribution is -2.16. The Labute approximate surface area is 84.6 Å². The predicted molar refractivity (Wildman–Crippen MR) is 56.7 cm³/mol. The van der Waals surface area contributed by atoms with Crippen molar-refractivity contribution in [2.24, 2.45) is 11.8 Å². The molecule has 1 unspecified atom stereocenters. The molecule has 0 bridgehead atoms. The van der Waals surface area contributed by atoms with E-state index in [0.29, 0.717) is 11.8 Å². The predicted octanol–water partition coefficient (Wildman–Crippen LogP) is 2.92. The Bertz CT molecular complexity index is 286. The summed E-state index contributed by atoms with van der Waals surface area (Å²) in [6, 6.07) is 3.18. The number of nitrogens with zero attached hydrogens (tertiary/aromatic N) is 1. The van der Waals surface area contributed by atoms with Crippen molar-refractivity contribution in [1.29, 1.82) is 0 Å².